The number of urea groups is 1. The maximum Gasteiger partial charge on any atom is 0.312 e. The summed E-state index contributed by atoms with van der Waals surface area (Å²) in [5, 5.41) is 11.4. The third kappa shape index (κ3) is 4.49. The predicted molar refractivity (Wildman–Crippen MR) is 60.3 cm³/mol. The van der Waals surface area contributed by atoms with Gasteiger partial charge in [0.05, 0.1) is 0 Å². The summed E-state index contributed by atoms with van der Waals surface area (Å²) in [5.41, 5.74) is 4.86. The second-order valence-electron chi connectivity index (χ2n) is 3.40. The van der Waals surface area contributed by atoms with Gasteiger partial charge in [-0.2, -0.15) is 0 Å². The molecule has 1 rings (SSSR count). The fourth-order valence-corrected chi connectivity index (χ4v) is 1.19. The van der Waals surface area contributed by atoms with E-state index in [9.17, 15) is 9.59 Å². The number of primary amides is 1. The molecule has 0 radical (unpaired) electrons. The highest BCUT2D eigenvalue weighted by Crippen LogP contribution is 1.96. The molecule has 0 saturated heterocycles. The van der Waals surface area contributed by atoms with E-state index in [2.05, 4.69) is 25.8 Å². The zero-order valence-electron chi connectivity index (χ0n) is 9.62. The second-order valence-corrected chi connectivity index (χ2v) is 3.40. The van der Waals surface area contributed by atoms with E-state index in [0.717, 1.165) is 12.8 Å². The summed E-state index contributed by atoms with van der Waals surface area (Å²) < 4.78 is 0. The molecular weight excluding hydrogens is 224 g/mol. The van der Waals surface area contributed by atoms with Gasteiger partial charge in [0.2, 0.25) is 5.82 Å². The molecule has 0 fully saturated rings. The smallest absolute Gasteiger partial charge is 0.312 e. The molecule has 0 aliphatic heterocycles. The van der Waals surface area contributed by atoms with E-state index in [1.54, 1.807) is 0 Å². The van der Waals surface area contributed by atoms with Crippen molar-refractivity contribution >= 4 is 11.9 Å². The first-order chi connectivity index (χ1) is 8.13. The molecule has 3 amide bonds. The quantitative estimate of drug-likeness (QED) is 0.483. The predicted octanol–water partition coefficient (Wildman–Crippen LogP) is -0.845. The van der Waals surface area contributed by atoms with Crippen molar-refractivity contribution in [2.75, 3.05) is 13.1 Å². The van der Waals surface area contributed by atoms with Crippen LogP contribution in [0.2, 0.25) is 0 Å². The number of nitrogens with two attached hydrogens (primary N) is 1. The largest absolute Gasteiger partial charge is 0.352 e. The summed E-state index contributed by atoms with van der Waals surface area (Å²) in [4.78, 5) is 25.9. The number of aromatic amines is 1. The lowest BCUT2D eigenvalue weighted by Crippen LogP contribution is -2.37. The molecule has 0 aliphatic rings. The van der Waals surface area contributed by atoms with Gasteiger partial charge in [-0.1, -0.05) is 6.92 Å². The molecule has 1 heterocycles. The molecule has 8 nitrogen and oxygen atoms in total. The van der Waals surface area contributed by atoms with Crippen LogP contribution in [0, 0.1) is 0 Å². The lowest BCUT2D eigenvalue weighted by atomic mass is 10.3. The number of hydrogen-bond donors (Lipinski definition) is 4. The molecule has 94 valence electrons. The first kappa shape index (κ1) is 12.9. The zero-order valence-corrected chi connectivity index (χ0v) is 9.62. The van der Waals surface area contributed by atoms with Gasteiger partial charge in [0.1, 0.15) is 5.82 Å². The van der Waals surface area contributed by atoms with Gasteiger partial charge in [0, 0.05) is 19.5 Å². The number of nitrogens with one attached hydrogen (secondary N) is 3. The van der Waals surface area contributed by atoms with Crippen LogP contribution in [-0.2, 0) is 6.42 Å². The molecule has 0 aromatic carbocycles. The van der Waals surface area contributed by atoms with Gasteiger partial charge in [-0.15, -0.1) is 5.10 Å². The number of H-pyrrole nitrogens is 1. The fraction of sp³-hybridized carbons (Fsp3) is 0.556. The van der Waals surface area contributed by atoms with Crippen molar-refractivity contribution in [1.29, 1.82) is 0 Å². The van der Waals surface area contributed by atoms with E-state index >= 15 is 0 Å². The number of carbonyl (C=O) groups is 2. The van der Waals surface area contributed by atoms with Crippen molar-refractivity contribution in [2.45, 2.75) is 19.8 Å². The number of aryl methyl sites for hydroxylation is 1. The number of hydrogen-bond acceptors (Lipinski definition) is 4. The highest BCUT2D eigenvalue weighted by atomic mass is 16.2. The van der Waals surface area contributed by atoms with E-state index in [1.165, 1.54) is 0 Å². The SMILES string of the molecule is CCCc1nc(C(=O)NCCNC(N)=O)n[nH]1. The number of amides is 3. The Balaban J connectivity index is 2.33. The first-order valence-electron chi connectivity index (χ1n) is 5.36. The molecule has 0 unspecified atom stereocenters. The maximum absolute atomic E-state index is 11.5. The van der Waals surface area contributed by atoms with Crippen molar-refractivity contribution in [3.63, 3.8) is 0 Å². The van der Waals surface area contributed by atoms with Crippen molar-refractivity contribution < 1.29 is 9.59 Å². The molecule has 0 bridgehead atoms. The molecular formula is C9H16N6O2. The molecule has 0 saturated carbocycles. The topological polar surface area (TPSA) is 126 Å². The van der Waals surface area contributed by atoms with E-state index in [1.807, 2.05) is 6.92 Å². The van der Waals surface area contributed by atoms with Gasteiger partial charge < -0.3 is 16.4 Å². The summed E-state index contributed by atoms with van der Waals surface area (Å²) in [6, 6.07) is -0.623. The van der Waals surface area contributed by atoms with Crippen molar-refractivity contribution in [3.05, 3.63) is 11.6 Å². The molecule has 5 N–H and O–H groups in total. The minimum atomic E-state index is -0.623. The Kier molecular flexibility index (Phi) is 4.92. The van der Waals surface area contributed by atoms with Gasteiger partial charge in [-0.3, -0.25) is 9.89 Å². The Hall–Kier alpha value is -2.12. The van der Waals surface area contributed by atoms with Crippen LogP contribution in [0.5, 0.6) is 0 Å². The Labute approximate surface area is 98.4 Å². The molecule has 0 spiro atoms. The molecule has 17 heavy (non-hydrogen) atoms. The Morgan fingerprint density at radius 1 is 1.35 bits per heavy atom. The Bertz CT molecular complexity index is 389. The van der Waals surface area contributed by atoms with Crippen LogP contribution in [0.4, 0.5) is 4.79 Å². The molecule has 0 aliphatic carbocycles. The van der Waals surface area contributed by atoms with E-state index in [0.29, 0.717) is 5.82 Å². The number of aromatic nitrogens is 3. The van der Waals surface area contributed by atoms with Gasteiger partial charge in [-0.25, -0.2) is 9.78 Å². The maximum atomic E-state index is 11.5. The average molecular weight is 240 g/mol. The number of nitrogens with zero attached hydrogens (tertiary/aromatic N) is 2. The van der Waals surface area contributed by atoms with Crippen LogP contribution in [0.3, 0.4) is 0 Å². The van der Waals surface area contributed by atoms with Crippen LogP contribution in [0.25, 0.3) is 0 Å². The Morgan fingerprint density at radius 2 is 2.06 bits per heavy atom. The van der Waals surface area contributed by atoms with Crippen LogP contribution < -0.4 is 16.4 Å². The molecule has 0 atom stereocenters. The number of carbonyl (C=O) groups excluding carboxylic acids is 2. The minimum Gasteiger partial charge on any atom is -0.352 e. The zero-order chi connectivity index (χ0) is 12.7. The number of rotatable bonds is 6. The Morgan fingerprint density at radius 3 is 2.71 bits per heavy atom. The van der Waals surface area contributed by atoms with E-state index in [-0.39, 0.29) is 24.8 Å². The normalized spacial score (nSPS) is 9.94. The van der Waals surface area contributed by atoms with Crippen LogP contribution in [-0.4, -0.2) is 40.2 Å². The minimum absolute atomic E-state index is 0.104. The lowest BCUT2D eigenvalue weighted by Gasteiger charge is -2.02. The van der Waals surface area contributed by atoms with Crippen molar-refractivity contribution in [1.82, 2.24) is 25.8 Å². The van der Waals surface area contributed by atoms with Crippen LogP contribution in [0.1, 0.15) is 29.8 Å². The summed E-state index contributed by atoms with van der Waals surface area (Å²) in [5.74, 6) is 0.412. The summed E-state index contributed by atoms with van der Waals surface area (Å²) in [7, 11) is 0. The van der Waals surface area contributed by atoms with Gasteiger partial charge in [0.25, 0.3) is 5.91 Å². The van der Waals surface area contributed by atoms with Gasteiger partial charge >= 0.3 is 6.03 Å². The van der Waals surface area contributed by atoms with Crippen molar-refractivity contribution in [2.24, 2.45) is 5.73 Å². The van der Waals surface area contributed by atoms with Gasteiger partial charge in [0.15, 0.2) is 0 Å². The van der Waals surface area contributed by atoms with E-state index in [4.69, 9.17) is 5.73 Å². The summed E-state index contributed by atoms with van der Waals surface area (Å²) >= 11 is 0. The third-order valence-corrected chi connectivity index (χ3v) is 1.93. The fourth-order valence-electron chi connectivity index (χ4n) is 1.19. The standard InChI is InChI=1S/C9H16N6O2/c1-2-3-6-13-7(15-14-6)8(16)11-4-5-12-9(10)17/h2-5H2,1H3,(H,11,16)(H3,10,12,17)(H,13,14,15). The molecule has 1 aromatic heterocycles. The average Bonchev–Trinajstić information content (AvgIpc) is 2.73. The van der Waals surface area contributed by atoms with Gasteiger partial charge in [-0.05, 0) is 6.42 Å². The monoisotopic (exact) mass is 240 g/mol. The third-order valence-electron chi connectivity index (χ3n) is 1.93. The first-order valence-corrected chi connectivity index (χ1v) is 5.36. The molecule has 8 heteroatoms. The van der Waals surface area contributed by atoms with Crippen LogP contribution >= 0.6 is 0 Å². The van der Waals surface area contributed by atoms with E-state index < -0.39 is 6.03 Å². The lowest BCUT2D eigenvalue weighted by molar-refractivity contribution is 0.0944. The summed E-state index contributed by atoms with van der Waals surface area (Å²) in [6.07, 6.45) is 1.68. The van der Waals surface area contributed by atoms with Crippen molar-refractivity contribution in [3.8, 4) is 0 Å². The molecule has 1 aromatic rings. The highest BCUT2D eigenvalue weighted by Gasteiger charge is 2.11. The van der Waals surface area contributed by atoms with Crippen LogP contribution in [0.15, 0.2) is 0 Å². The second kappa shape index (κ2) is 6.46. The summed E-state index contributed by atoms with van der Waals surface area (Å²) in [6.45, 7) is 2.56. The highest BCUT2D eigenvalue weighted by molar-refractivity contribution is 5.90.